The van der Waals surface area contributed by atoms with Crippen LogP contribution in [-0.4, -0.2) is 36.7 Å². The summed E-state index contributed by atoms with van der Waals surface area (Å²) >= 11 is 6.43. The third-order valence-corrected chi connectivity index (χ3v) is 6.96. The van der Waals surface area contributed by atoms with Gasteiger partial charge < -0.3 is 16.0 Å². The molecular formula is C31H29ClFN5O. The van der Waals surface area contributed by atoms with E-state index in [4.69, 9.17) is 21.6 Å². The average molecular weight is 542 g/mol. The maximum atomic E-state index is 14.9. The number of carbonyl (C=O) groups excluding carboxylic acids is 1. The molecule has 0 aliphatic carbocycles. The summed E-state index contributed by atoms with van der Waals surface area (Å²) in [5.41, 5.74) is 7.14. The highest BCUT2D eigenvalue weighted by atomic mass is 35.5. The molecule has 198 valence electrons. The molecule has 1 aliphatic heterocycles. The van der Waals surface area contributed by atoms with Crippen molar-refractivity contribution in [3.8, 4) is 11.1 Å². The molecule has 3 N–H and O–H groups in total. The standard InChI is InChI=1S/C31H29ClFN5O/c1-3-23-28-20(18-37-30(23)38-22-11-8-19(9-12-22)31(39)35-15-14-34-2)17-36-29(25-6-4-5-7-27(25)33)26-16-21(32)10-13-24(26)28/h4-13,16,18,34H,3,14-15,17H2,1-2H3,(H,35,39)(H,37,38). The minimum absolute atomic E-state index is 0.116. The van der Waals surface area contributed by atoms with E-state index in [1.807, 2.05) is 49.6 Å². The lowest BCUT2D eigenvalue weighted by Gasteiger charge is -2.19. The highest BCUT2D eigenvalue weighted by Crippen LogP contribution is 2.39. The Morgan fingerprint density at radius 1 is 1.00 bits per heavy atom. The molecular weight excluding hydrogens is 513 g/mol. The van der Waals surface area contributed by atoms with Gasteiger partial charge in [0, 0.05) is 57.8 Å². The Balaban J connectivity index is 1.52. The Labute approximate surface area is 232 Å². The molecule has 1 aliphatic rings. The third kappa shape index (κ3) is 5.55. The first kappa shape index (κ1) is 26.5. The van der Waals surface area contributed by atoms with Crippen LogP contribution in [0.1, 0.15) is 39.5 Å². The Hall–Kier alpha value is -4.07. The normalized spacial score (nSPS) is 12.2. The fourth-order valence-electron chi connectivity index (χ4n) is 4.81. The molecule has 39 heavy (non-hydrogen) atoms. The maximum absolute atomic E-state index is 14.9. The lowest BCUT2D eigenvalue weighted by molar-refractivity contribution is 0.0954. The number of anilines is 2. The zero-order valence-electron chi connectivity index (χ0n) is 21.8. The second kappa shape index (κ2) is 11.8. The van der Waals surface area contributed by atoms with Gasteiger partial charge >= 0.3 is 0 Å². The number of pyridine rings is 1. The second-order valence-electron chi connectivity index (χ2n) is 9.24. The molecule has 8 heteroatoms. The molecule has 6 nitrogen and oxygen atoms in total. The molecule has 0 atom stereocenters. The highest BCUT2D eigenvalue weighted by molar-refractivity contribution is 6.31. The number of hydrogen-bond acceptors (Lipinski definition) is 5. The van der Waals surface area contributed by atoms with Gasteiger partial charge in [-0.2, -0.15) is 0 Å². The topological polar surface area (TPSA) is 78.4 Å². The van der Waals surface area contributed by atoms with Crippen LogP contribution in [0.5, 0.6) is 0 Å². The predicted octanol–water partition coefficient (Wildman–Crippen LogP) is 6.15. The van der Waals surface area contributed by atoms with Gasteiger partial charge in [-0.1, -0.05) is 36.7 Å². The second-order valence-corrected chi connectivity index (χ2v) is 9.67. The van der Waals surface area contributed by atoms with Gasteiger partial charge in [0.2, 0.25) is 0 Å². The van der Waals surface area contributed by atoms with Crippen molar-refractivity contribution < 1.29 is 9.18 Å². The molecule has 0 bridgehead atoms. The summed E-state index contributed by atoms with van der Waals surface area (Å²) in [6.07, 6.45) is 2.54. The molecule has 0 saturated carbocycles. The number of nitrogens with one attached hydrogen (secondary N) is 3. The summed E-state index contributed by atoms with van der Waals surface area (Å²) in [4.78, 5) is 21.9. The van der Waals surface area contributed by atoms with Crippen molar-refractivity contribution in [3.05, 3.63) is 112 Å². The molecule has 0 radical (unpaired) electrons. The van der Waals surface area contributed by atoms with Crippen molar-refractivity contribution in [2.45, 2.75) is 19.9 Å². The first-order valence-electron chi connectivity index (χ1n) is 12.9. The summed E-state index contributed by atoms with van der Waals surface area (Å²) < 4.78 is 14.9. The fourth-order valence-corrected chi connectivity index (χ4v) is 4.98. The summed E-state index contributed by atoms with van der Waals surface area (Å²) in [5.74, 6) is 0.274. The van der Waals surface area contributed by atoms with Crippen LogP contribution >= 0.6 is 11.6 Å². The van der Waals surface area contributed by atoms with Gasteiger partial charge in [-0.05, 0) is 73.1 Å². The number of nitrogens with zero attached hydrogens (tertiary/aromatic N) is 2. The Bertz CT molecular complexity index is 1550. The fraction of sp³-hybridized carbons (Fsp3) is 0.194. The summed E-state index contributed by atoms with van der Waals surface area (Å²) in [5, 5.41) is 9.88. The number of rotatable bonds is 8. The van der Waals surface area contributed by atoms with Gasteiger partial charge in [-0.15, -0.1) is 0 Å². The van der Waals surface area contributed by atoms with Crippen molar-refractivity contribution in [2.75, 3.05) is 25.5 Å². The van der Waals surface area contributed by atoms with E-state index in [0.29, 0.717) is 47.9 Å². The third-order valence-electron chi connectivity index (χ3n) is 6.72. The van der Waals surface area contributed by atoms with E-state index in [-0.39, 0.29) is 11.7 Å². The van der Waals surface area contributed by atoms with Gasteiger partial charge in [0.25, 0.3) is 5.91 Å². The van der Waals surface area contributed by atoms with Crippen molar-refractivity contribution in [3.63, 3.8) is 0 Å². The Morgan fingerprint density at radius 3 is 2.54 bits per heavy atom. The Kier molecular flexibility index (Phi) is 8.00. The van der Waals surface area contributed by atoms with E-state index < -0.39 is 0 Å². The van der Waals surface area contributed by atoms with E-state index in [2.05, 4.69) is 22.9 Å². The Morgan fingerprint density at radius 2 is 1.79 bits per heavy atom. The largest absolute Gasteiger partial charge is 0.351 e. The number of aliphatic imine (C=N–C) groups is 1. The first-order valence-corrected chi connectivity index (χ1v) is 13.3. The van der Waals surface area contributed by atoms with E-state index in [1.165, 1.54) is 6.07 Å². The number of halogens is 2. The lowest BCUT2D eigenvalue weighted by Crippen LogP contribution is -2.30. The van der Waals surface area contributed by atoms with Gasteiger partial charge in [0.15, 0.2) is 0 Å². The van der Waals surface area contributed by atoms with Crippen molar-refractivity contribution >= 4 is 34.7 Å². The maximum Gasteiger partial charge on any atom is 0.251 e. The molecule has 5 rings (SSSR count). The summed E-state index contributed by atoms with van der Waals surface area (Å²) in [6.45, 7) is 3.71. The molecule has 0 spiro atoms. The number of aromatic nitrogens is 1. The SMILES string of the molecule is CCc1c(Nc2ccc(C(=O)NCCNC)cc2)ncc2c1-c1ccc(Cl)cc1C(c1ccccc1F)=NC2. The number of likely N-dealkylation sites (N-methyl/N-ethyl adjacent to an activating group) is 1. The van der Waals surface area contributed by atoms with Crippen LogP contribution < -0.4 is 16.0 Å². The molecule has 1 aromatic heterocycles. The predicted molar refractivity (Wildman–Crippen MR) is 156 cm³/mol. The number of carbonyl (C=O) groups is 1. The zero-order chi connectivity index (χ0) is 27.4. The van der Waals surface area contributed by atoms with Crippen molar-refractivity contribution in [1.29, 1.82) is 0 Å². The molecule has 3 aromatic carbocycles. The molecule has 0 fully saturated rings. The van der Waals surface area contributed by atoms with Crippen LogP contribution in [0.4, 0.5) is 15.9 Å². The van der Waals surface area contributed by atoms with Gasteiger partial charge in [0.05, 0.1) is 12.3 Å². The van der Waals surface area contributed by atoms with Crippen LogP contribution in [0.25, 0.3) is 11.1 Å². The molecule has 0 unspecified atom stereocenters. The molecule has 2 heterocycles. The van der Waals surface area contributed by atoms with E-state index >= 15 is 0 Å². The van der Waals surface area contributed by atoms with Crippen LogP contribution in [0, 0.1) is 5.82 Å². The van der Waals surface area contributed by atoms with Gasteiger partial charge in [-0.25, -0.2) is 9.37 Å². The quantitative estimate of drug-likeness (QED) is 0.234. The number of hydrogen-bond donors (Lipinski definition) is 3. The smallest absolute Gasteiger partial charge is 0.251 e. The first-order chi connectivity index (χ1) is 19.0. The van der Waals surface area contributed by atoms with E-state index in [1.54, 1.807) is 24.3 Å². The van der Waals surface area contributed by atoms with E-state index in [9.17, 15) is 9.18 Å². The monoisotopic (exact) mass is 541 g/mol. The van der Waals surface area contributed by atoms with Crippen LogP contribution in [0.3, 0.4) is 0 Å². The minimum atomic E-state index is -0.330. The summed E-state index contributed by atoms with van der Waals surface area (Å²) in [7, 11) is 1.84. The van der Waals surface area contributed by atoms with Gasteiger partial charge in [0.1, 0.15) is 11.6 Å². The number of benzene rings is 3. The van der Waals surface area contributed by atoms with Crippen molar-refractivity contribution in [2.24, 2.45) is 4.99 Å². The highest BCUT2D eigenvalue weighted by Gasteiger charge is 2.25. The van der Waals surface area contributed by atoms with Crippen LogP contribution in [-0.2, 0) is 13.0 Å². The average Bonchev–Trinajstić information content (AvgIpc) is 3.10. The van der Waals surface area contributed by atoms with Gasteiger partial charge in [-0.3, -0.25) is 9.79 Å². The van der Waals surface area contributed by atoms with E-state index in [0.717, 1.165) is 39.3 Å². The molecule has 0 saturated heterocycles. The lowest BCUT2D eigenvalue weighted by atomic mass is 9.89. The van der Waals surface area contributed by atoms with Crippen LogP contribution in [0.15, 0.2) is 77.9 Å². The summed E-state index contributed by atoms with van der Waals surface area (Å²) in [6, 6.07) is 19.7. The minimum Gasteiger partial charge on any atom is -0.351 e. The van der Waals surface area contributed by atoms with Crippen molar-refractivity contribution in [1.82, 2.24) is 15.6 Å². The number of fused-ring (bicyclic) bond motifs is 3. The molecule has 1 amide bonds. The number of amides is 1. The zero-order valence-corrected chi connectivity index (χ0v) is 22.6. The van der Waals surface area contributed by atoms with Crippen LogP contribution in [0.2, 0.25) is 5.02 Å². The molecule has 4 aromatic rings.